The number of hydrogen-bond acceptors (Lipinski definition) is 1. The quantitative estimate of drug-likeness (QED) is 0.675. The van der Waals surface area contributed by atoms with Crippen LogP contribution in [-0.4, -0.2) is 10.5 Å². The van der Waals surface area contributed by atoms with E-state index in [9.17, 15) is 4.21 Å². The molecule has 0 N–H and O–H groups in total. The van der Waals surface area contributed by atoms with Crippen molar-refractivity contribution < 1.29 is 4.21 Å². The SMILES string of the molecule is CS(=O)c1cccc2ccccc12. The standard InChI is InChI=1S/C11H10OS/c1-13(12)11-8-4-6-9-5-2-3-7-10(9)11/h2-8H,1H3. The third-order valence-electron chi connectivity index (χ3n) is 2.06. The van der Waals surface area contributed by atoms with E-state index < -0.39 is 10.8 Å². The first-order valence-electron chi connectivity index (χ1n) is 4.10. The molecule has 1 atom stereocenters. The van der Waals surface area contributed by atoms with Gasteiger partial charge in [0.25, 0.3) is 0 Å². The maximum atomic E-state index is 11.4. The number of rotatable bonds is 1. The van der Waals surface area contributed by atoms with E-state index in [1.54, 1.807) is 6.26 Å². The normalized spacial score (nSPS) is 13.0. The molecule has 1 nitrogen and oxygen atoms in total. The molecule has 2 heteroatoms. The third-order valence-corrected chi connectivity index (χ3v) is 3.03. The number of fused-ring (bicyclic) bond motifs is 1. The van der Waals surface area contributed by atoms with Crippen LogP contribution in [0.1, 0.15) is 0 Å². The maximum absolute atomic E-state index is 11.4. The van der Waals surface area contributed by atoms with Gasteiger partial charge in [-0.05, 0) is 16.8 Å². The van der Waals surface area contributed by atoms with Crippen LogP contribution in [-0.2, 0) is 10.8 Å². The van der Waals surface area contributed by atoms with Crippen LogP contribution in [0.2, 0.25) is 0 Å². The van der Waals surface area contributed by atoms with Crippen molar-refractivity contribution in [1.82, 2.24) is 0 Å². The molecule has 0 spiro atoms. The zero-order valence-electron chi connectivity index (χ0n) is 7.36. The summed E-state index contributed by atoms with van der Waals surface area (Å²) in [4.78, 5) is 0.915. The molecular formula is C11H10OS. The zero-order chi connectivity index (χ0) is 9.26. The van der Waals surface area contributed by atoms with Crippen molar-refractivity contribution in [3.05, 3.63) is 42.5 Å². The highest BCUT2D eigenvalue weighted by Crippen LogP contribution is 2.20. The smallest absolute Gasteiger partial charge is 0.0504 e. The molecule has 0 radical (unpaired) electrons. The average molecular weight is 190 g/mol. The van der Waals surface area contributed by atoms with E-state index in [1.807, 2.05) is 42.5 Å². The van der Waals surface area contributed by atoms with Gasteiger partial charge in [0.1, 0.15) is 0 Å². The maximum Gasteiger partial charge on any atom is 0.0504 e. The van der Waals surface area contributed by atoms with E-state index >= 15 is 0 Å². The van der Waals surface area contributed by atoms with E-state index in [4.69, 9.17) is 0 Å². The Morgan fingerprint density at radius 1 is 1.00 bits per heavy atom. The second kappa shape index (κ2) is 3.30. The Morgan fingerprint density at radius 2 is 1.69 bits per heavy atom. The van der Waals surface area contributed by atoms with Crippen LogP contribution in [0, 0.1) is 0 Å². The summed E-state index contributed by atoms with van der Waals surface area (Å²) in [6.45, 7) is 0. The fourth-order valence-electron chi connectivity index (χ4n) is 1.45. The second-order valence-corrected chi connectivity index (χ2v) is 4.28. The average Bonchev–Trinajstić information content (AvgIpc) is 2.17. The Hall–Kier alpha value is -1.15. The lowest BCUT2D eigenvalue weighted by Gasteiger charge is -2.01. The van der Waals surface area contributed by atoms with Crippen molar-refractivity contribution in [2.24, 2.45) is 0 Å². The molecule has 1 unspecified atom stereocenters. The minimum Gasteiger partial charge on any atom is -0.255 e. The van der Waals surface area contributed by atoms with Crippen LogP contribution in [0.5, 0.6) is 0 Å². The van der Waals surface area contributed by atoms with Crippen molar-refractivity contribution >= 4 is 21.6 Å². The highest BCUT2D eigenvalue weighted by atomic mass is 32.2. The molecule has 0 aliphatic rings. The lowest BCUT2D eigenvalue weighted by atomic mass is 10.1. The summed E-state index contributed by atoms with van der Waals surface area (Å²) in [6.07, 6.45) is 1.71. The molecule has 0 amide bonds. The molecule has 0 aliphatic carbocycles. The monoisotopic (exact) mass is 190 g/mol. The topological polar surface area (TPSA) is 17.1 Å². The molecule has 0 saturated carbocycles. The summed E-state index contributed by atoms with van der Waals surface area (Å²) in [5.74, 6) is 0. The Morgan fingerprint density at radius 3 is 2.46 bits per heavy atom. The minimum absolute atomic E-state index is 0.904. The first-order chi connectivity index (χ1) is 6.29. The van der Waals surface area contributed by atoms with Crippen LogP contribution < -0.4 is 0 Å². The molecular weight excluding hydrogens is 180 g/mol. The van der Waals surface area contributed by atoms with Crippen LogP contribution in [0.3, 0.4) is 0 Å². The highest BCUT2D eigenvalue weighted by Gasteiger charge is 2.01. The van der Waals surface area contributed by atoms with Gasteiger partial charge in [0, 0.05) is 11.2 Å². The highest BCUT2D eigenvalue weighted by molar-refractivity contribution is 7.84. The van der Waals surface area contributed by atoms with Gasteiger partial charge in [0.05, 0.1) is 10.8 Å². The van der Waals surface area contributed by atoms with Gasteiger partial charge in [-0.15, -0.1) is 0 Å². The van der Waals surface area contributed by atoms with Gasteiger partial charge in [-0.1, -0.05) is 36.4 Å². The third kappa shape index (κ3) is 1.49. The Labute approximate surface area is 79.9 Å². The summed E-state index contributed by atoms with van der Waals surface area (Å²) in [5, 5.41) is 2.24. The molecule has 13 heavy (non-hydrogen) atoms. The zero-order valence-corrected chi connectivity index (χ0v) is 8.17. The molecule has 0 fully saturated rings. The summed E-state index contributed by atoms with van der Waals surface area (Å²) in [5.41, 5.74) is 0. The molecule has 66 valence electrons. The van der Waals surface area contributed by atoms with Gasteiger partial charge in [-0.2, -0.15) is 0 Å². The van der Waals surface area contributed by atoms with Crippen molar-refractivity contribution in [1.29, 1.82) is 0 Å². The summed E-state index contributed by atoms with van der Waals surface area (Å²) < 4.78 is 11.4. The predicted octanol–water partition coefficient (Wildman–Crippen LogP) is 2.58. The Balaban J connectivity index is 2.83. The predicted molar refractivity (Wildman–Crippen MR) is 56.3 cm³/mol. The van der Waals surface area contributed by atoms with E-state index in [1.165, 1.54) is 0 Å². The minimum atomic E-state index is -0.904. The van der Waals surface area contributed by atoms with Crippen LogP contribution in [0.4, 0.5) is 0 Å². The lowest BCUT2D eigenvalue weighted by Crippen LogP contribution is -1.88. The van der Waals surface area contributed by atoms with Gasteiger partial charge in [-0.3, -0.25) is 4.21 Å². The molecule has 2 rings (SSSR count). The molecule has 2 aromatic rings. The molecule has 0 bridgehead atoms. The fourth-order valence-corrected chi connectivity index (χ4v) is 2.21. The van der Waals surface area contributed by atoms with E-state index in [-0.39, 0.29) is 0 Å². The van der Waals surface area contributed by atoms with Crippen molar-refractivity contribution in [2.75, 3.05) is 6.26 Å². The number of benzene rings is 2. The summed E-state index contributed by atoms with van der Waals surface area (Å²) in [6, 6.07) is 13.9. The summed E-state index contributed by atoms with van der Waals surface area (Å²) in [7, 11) is -0.904. The Bertz CT molecular complexity index is 457. The van der Waals surface area contributed by atoms with E-state index in [0.29, 0.717) is 0 Å². The summed E-state index contributed by atoms with van der Waals surface area (Å²) >= 11 is 0. The van der Waals surface area contributed by atoms with E-state index in [0.717, 1.165) is 15.7 Å². The fraction of sp³-hybridized carbons (Fsp3) is 0.0909. The second-order valence-electron chi connectivity index (χ2n) is 2.93. The number of hydrogen-bond donors (Lipinski definition) is 0. The van der Waals surface area contributed by atoms with Gasteiger partial charge in [0.15, 0.2) is 0 Å². The molecule has 0 aliphatic heterocycles. The lowest BCUT2D eigenvalue weighted by molar-refractivity contribution is 0.687. The van der Waals surface area contributed by atoms with Crippen molar-refractivity contribution in [3.8, 4) is 0 Å². The van der Waals surface area contributed by atoms with Crippen molar-refractivity contribution in [2.45, 2.75) is 4.90 Å². The first-order valence-corrected chi connectivity index (χ1v) is 5.66. The van der Waals surface area contributed by atoms with Crippen LogP contribution >= 0.6 is 0 Å². The van der Waals surface area contributed by atoms with Gasteiger partial charge in [-0.25, -0.2) is 0 Å². The molecule has 0 aromatic heterocycles. The molecule has 0 heterocycles. The van der Waals surface area contributed by atoms with Gasteiger partial charge < -0.3 is 0 Å². The van der Waals surface area contributed by atoms with Crippen LogP contribution in [0.15, 0.2) is 47.4 Å². The largest absolute Gasteiger partial charge is 0.255 e. The van der Waals surface area contributed by atoms with E-state index in [2.05, 4.69) is 0 Å². The molecule has 0 saturated heterocycles. The van der Waals surface area contributed by atoms with Gasteiger partial charge in [0.2, 0.25) is 0 Å². The van der Waals surface area contributed by atoms with Gasteiger partial charge >= 0.3 is 0 Å². The van der Waals surface area contributed by atoms with Crippen LogP contribution in [0.25, 0.3) is 10.8 Å². The first kappa shape index (κ1) is 8.45. The molecule has 2 aromatic carbocycles. The Kier molecular flexibility index (Phi) is 2.15. The van der Waals surface area contributed by atoms with Crippen molar-refractivity contribution in [3.63, 3.8) is 0 Å².